The van der Waals surface area contributed by atoms with Crippen molar-refractivity contribution in [3.05, 3.63) is 42.2 Å². The maximum atomic E-state index is 4.43. The SMILES string of the molecule is Cc1cccc(-c2cnc(NC3CCCNC3)nc2)c1. The lowest BCUT2D eigenvalue weighted by atomic mass is 10.1. The van der Waals surface area contributed by atoms with E-state index in [0.29, 0.717) is 6.04 Å². The number of hydrogen-bond donors (Lipinski definition) is 2. The largest absolute Gasteiger partial charge is 0.350 e. The number of aryl methyl sites for hydroxylation is 1. The molecule has 3 rings (SSSR count). The predicted octanol–water partition coefficient (Wildman–Crippen LogP) is 2.62. The van der Waals surface area contributed by atoms with Crippen molar-refractivity contribution in [3.8, 4) is 11.1 Å². The normalized spacial score (nSPS) is 18.8. The standard InChI is InChI=1S/C16H20N4/c1-12-4-2-5-13(8-12)14-9-18-16(19-10-14)20-15-6-3-7-17-11-15/h2,4-5,8-10,15,17H,3,6-7,11H2,1H3,(H,18,19,20). The molecule has 1 fully saturated rings. The number of anilines is 1. The van der Waals surface area contributed by atoms with Gasteiger partial charge >= 0.3 is 0 Å². The Morgan fingerprint density at radius 2 is 2.05 bits per heavy atom. The van der Waals surface area contributed by atoms with Gasteiger partial charge < -0.3 is 10.6 Å². The van der Waals surface area contributed by atoms with E-state index in [0.717, 1.165) is 30.2 Å². The summed E-state index contributed by atoms with van der Waals surface area (Å²) in [6.07, 6.45) is 6.16. The Kier molecular flexibility index (Phi) is 3.92. The van der Waals surface area contributed by atoms with Crippen molar-refractivity contribution in [1.82, 2.24) is 15.3 Å². The fourth-order valence-corrected chi connectivity index (χ4v) is 2.53. The Balaban J connectivity index is 1.71. The molecule has 4 nitrogen and oxygen atoms in total. The van der Waals surface area contributed by atoms with Crippen molar-refractivity contribution in [1.29, 1.82) is 0 Å². The molecule has 104 valence electrons. The first-order valence-electron chi connectivity index (χ1n) is 7.17. The van der Waals surface area contributed by atoms with Crippen LogP contribution in [0.4, 0.5) is 5.95 Å². The molecule has 0 radical (unpaired) electrons. The van der Waals surface area contributed by atoms with E-state index < -0.39 is 0 Å². The minimum absolute atomic E-state index is 0.438. The van der Waals surface area contributed by atoms with Crippen LogP contribution in [0.2, 0.25) is 0 Å². The van der Waals surface area contributed by atoms with E-state index in [2.05, 4.69) is 51.8 Å². The van der Waals surface area contributed by atoms with Gasteiger partial charge in [0.2, 0.25) is 5.95 Å². The van der Waals surface area contributed by atoms with Crippen LogP contribution in [0.1, 0.15) is 18.4 Å². The molecule has 1 aliphatic heterocycles. The smallest absolute Gasteiger partial charge is 0.222 e. The minimum atomic E-state index is 0.438. The van der Waals surface area contributed by atoms with Crippen LogP contribution in [-0.2, 0) is 0 Å². The van der Waals surface area contributed by atoms with E-state index in [1.807, 2.05) is 12.4 Å². The van der Waals surface area contributed by atoms with Gasteiger partial charge in [0.25, 0.3) is 0 Å². The monoisotopic (exact) mass is 268 g/mol. The van der Waals surface area contributed by atoms with Gasteiger partial charge in [0.1, 0.15) is 0 Å². The van der Waals surface area contributed by atoms with Crippen LogP contribution in [0.25, 0.3) is 11.1 Å². The molecule has 2 N–H and O–H groups in total. The number of nitrogens with one attached hydrogen (secondary N) is 2. The summed E-state index contributed by atoms with van der Waals surface area (Å²) in [7, 11) is 0. The molecule has 2 aromatic rings. The highest BCUT2D eigenvalue weighted by molar-refractivity contribution is 5.62. The first kappa shape index (κ1) is 13.1. The summed E-state index contributed by atoms with van der Waals surface area (Å²) in [6.45, 7) is 4.20. The molecule has 20 heavy (non-hydrogen) atoms. The van der Waals surface area contributed by atoms with Gasteiger partial charge in [-0.2, -0.15) is 0 Å². The van der Waals surface area contributed by atoms with Crippen molar-refractivity contribution in [3.63, 3.8) is 0 Å². The number of rotatable bonds is 3. The van der Waals surface area contributed by atoms with E-state index in [1.165, 1.54) is 18.4 Å². The molecular weight excluding hydrogens is 248 g/mol. The fourth-order valence-electron chi connectivity index (χ4n) is 2.53. The van der Waals surface area contributed by atoms with E-state index in [9.17, 15) is 0 Å². The van der Waals surface area contributed by atoms with Gasteiger partial charge in [0.15, 0.2) is 0 Å². The maximum Gasteiger partial charge on any atom is 0.222 e. The topological polar surface area (TPSA) is 49.8 Å². The van der Waals surface area contributed by atoms with Gasteiger partial charge in [0, 0.05) is 30.5 Å². The van der Waals surface area contributed by atoms with Crippen LogP contribution in [0.3, 0.4) is 0 Å². The highest BCUT2D eigenvalue weighted by Gasteiger charge is 2.13. The Labute approximate surface area is 119 Å². The molecule has 0 saturated carbocycles. The lowest BCUT2D eigenvalue weighted by molar-refractivity contribution is 0.478. The number of aromatic nitrogens is 2. The van der Waals surface area contributed by atoms with Crippen molar-refractivity contribution in [2.75, 3.05) is 18.4 Å². The van der Waals surface area contributed by atoms with Crippen LogP contribution < -0.4 is 10.6 Å². The lowest BCUT2D eigenvalue weighted by Gasteiger charge is -2.23. The number of piperidine rings is 1. The van der Waals surface area contributed by atoms with Crippen LogP contribution in [0.15, 0.2) is 36.7 Å². The van der Waals surface area contributed by atoms with Crippen molar-refractivity contribution < 1.29 is 0 Å². The predicted molar refractivity (Wildman–Crippen MR) is 81.7 cm³/mol. The summed E-state index contributed by atoms with van der Waals surface area (Å²) in [5.41, 5.74) is 3.47. The molecule has 1 unspecified atom stereocenters. The third-order valence-corrected chi connectivity index (χ3v) is 3.63. The summed E-state index contributed by atoms with van der Waals surface area (Å²) in [6, 6.07) is 8.83. The summed E-state index contributed by atoms with van der Waals surface area (Å²) < 4.78 is 0. The number of benzene rings is 1. The average Bonchev–Trinajstić information content (AvgIpc) is 2.49. The average molecular weight is 268 g/mol. The Morgan fingerprint density at radius 1 is 1.20 bits per heavy atom. The third-order valence-electron chi connectivity index (χ3n) is 3.63. The highest BCUT2D eigenvalue weighted by atomic mass is 15.1. The highest BCUT2D eigenvalue weighted by Crippen LogP contribution is 2.19. The zero-order valence-corrected chi connectivity index (χ0v) is 11.8. The summed E-state index contributed by atoms with van der Waals surface area (Å²) in [5, 5.41) is 6.77. The maximum absolute atomic E-state index is 4.43. The van der Waals surface area contributed by atoms with Crippen molar-refractivity contribution >= 4 is 5.95 Å². The fraction of sp³-hybridized carbons (Fsp3) is 0.375. The third kappa shape index (κ3) is 3.14. The molecular formula is C16H20N4. The van der Waals surface area contributed by atoms with Crippen LogP contribution in [0, 0.1) is 6.92 Å². The second-order valence-electron chi connectivity index (χ2n) is 5.35. The molecule has 1 saturated heterocycles. The summed E-state index contributed by atoms with van der Waals surface area (Å²) in [5.74, 6) is 0.718. The molecule has 2 heterocycles. The molecule has 1 aliphatic rings. The lowest BCUT2D eigenvalue weighted by Crippen LogP contribution is -2.38. The number of hydrogen-bond acceptors (Lipinski definition) is 4. The Morgan fingerprint density at radius 3 is 2.75 bits per heavy atom. The van der Waals surface area contributed by atoms with Gasteiger partial charge in [0.05, 0.1) is 0 Å². The summed E-state index contributed by atoms with van der Waals surface area (Å²) in [4.78, 5) is 8.86. The van der Waals surface area contributed by atoms with Crippen molar-refractivity contribution in [2.24, 2.45) is 0 Å². The van der Waals surface area contributed by atoms with Gasteiger partial charge in [-0.1, -0.05) is 29.8 Å². The Bertz CT molecular complexity index is 559. The van der Waals surface area contributed by atoms with E-state index in [-0.39, 0.29) is 0 Å². The van der Waals surface area contributed by atoms with Gasteiger partial charge in [-0.25, -0.2) is 9.97 Å². The van der Waals surface area contributed by atoms with Gasteiger partial charge in [-0.05, 0) is 31.9 Å². The molecule has 0 bridgehead atoms. The summed E-state index contributed by atoms with van der Waals surface area (Å²) >= 11 is 0. The van der Waals surface area contributed by atoms with Crippen molar-refractivity contribution in [2.45, 2.75) is 25.8 Å². The molecule has 0 aliphatic carbocycles. The second-order valence-corrected chi connectivity index (χ2v) is 5.35. The minimum Gasteiger partial charge on any atom is -0.350 e. The second kappa shape index (κ2) is 6.01. The molecule has 1 aromatic heterocycles. The zero-order valence-electron chi connectivity index (χ0n) is 11.8. The first-order chi connectivity index (χ1) is 9.81. The van der Waals surface area contributed by atoms with E-state index in [4.69, 9.17) is 0 Å². The molecule has 0 amide bonds. The quantitative estimate of drug-likeness (QED) is 0.898. The van der Waals surface area contributed by atoms with E-state index in [1.54, 1.807) is 0 Å². The molecule has 4 heteroatoms. The van der Waals surface area contributed by atoms with Crippen LogP contribution in [-0.4, -0.2) is 29.1 Å². The molecule has 1 atom stereocenters. The van der Waals surface area contributed by atoms with Gasteiger partial charge in [-0.3, -0.25) is 0 Å². The first-order valence-corrected chi connectivity index (χ1v) is 7.17. The Hall–Kier alpha value is -1.94. The number of nitrogens with zero attached hydrogens (tertiary/aromatic N) is 2. The molecule has 0 spiro atoms. The van der Waals surface area contributed by atoms with E-state index >= 15 is 0 Å². The van der Waals surface area contributed by atoms with Gasteiger partial charge in [-0.15, -0.1) is 0 Å². The molecule has 1 aromatic carbocycles. The zero-order chi connectivity index (χ0) is 13.8. The van der Waals surface area contributed by atoms with Crippen LogP contribution >= 0.6 is 0 Å². The van der Waals surface area contributed by atoms with Crippen LogP contribution in [0.5, 0.6) is 0 Å².